The Morgan fingerprint density at radius 3 is 1.85 bits per heavy atom. The number of carboxylic acid groups (broad SMARTS) is 2. The Bertz CT molecular complexity index is 508. The van der Waals surface area contributed by atoms with E-state index in [2.05, 4.69) is 0 Å². The van der Waals surface area contributed by atoms with Gasteiger partial charge in [-0.3, -0.25) is 4.79 Å². The number of carbonyl (C=O) groups is 3. The highest BCUT2D eigenvalue weighted by molar-refractivity contribution is 5.91. The van der Waals surface area contributed by atoms with Crippen LogP contribution in [0, 0.1) is 0 Å². The van der Waals surface area contributed by atoms with Gasteiger partial charge in [-0.2, -0.15) is 0 Å². The molecule has 1 aromatic rings. The molecular formula is C18H26O8. The molecule has 4 N–H and O–H groups in total. The Morgan fingerprint density at radius 1 is 1.00 bits per heavy atom. The second kappa shape index (κ2) is 13.8. The van der Waals surface area contributed by atoms with E-state index in [0.717, 1.165) is 25.7 Å². The molecule has 1 aliphatic heterocycles. The molecule has 0 radical (unpaired) electrons. The molecule has 146 valence electrons. The highest BCUT2D eigenvalue weighted by atomic mass is 16.5. The van der Waals surface area contributed by atoms with Crippen molar-refractivity contribution in [2.45, 2.75) is 51.7 Å². The van der Waals surface area contributed by atoms with Crippen LogP contribution in [-0.4, -0.2) is 51.2 Å². The lowest BCUT2D eigenvalue weighted by Gasteiger charge is -1.94. The second-order valence-corrected chi connectivity index (χ2v) is 5.49. The lowest BCUT2D eigenvalue weighted by atomic mass is 10.1. The van der Waals surface area contributed by atoms with Gasteiger partial charge in [-0.15, -0.1) is 0 Å². The van der Waals surface area contributed by atoms with Crippen molar-refractivity contribution in [1.82, 2.24) is 0 Å². The average Bonchev–Trinajstić information content (AvgIpc) is 2.83. The van der Waals surface area contributed by atoms with E-state index < -0.39 is 18.2 Å². The number of cyclic esters (lactones) is 1. The van der Waals surface area contributed by atoms with Gasteiger partial charge < -0.3 is 25.2 Å². The first-order valence-corrected chi connectivity index (χ1v) is 8.36. The molecule has 1 heterocycles. The molecule has 0 aliphatic carbocycles. The van der Waals surface area contributed by atoms with Crippen LogP contribution in [0.25, 0.3) is 0 Å². The largest absolute Gasteiger partial charge is 0.478 e. The Morgan fingerprint density at radius 2 is 1.50 bits per heavy atom. The fraction of sp³-hybridized carbons (Fsp3) is 0.500. The zero-order valence-corrected chi connectivity index (χ0v) is 14.8. The minimum atomic E-state index is -1.10. The maximum atomic E-state index is 10.5. The number of esters is 1. The molecule has 0 spiro atoms. The molecule has 8 heteroatoms. The number of carboxylic acids is 2. The van der Waals surface area contributed by atoms with Gasteiger partial charge in [0.1, 0.15) is 0 Å². The zero-order valence-electron chi connectivity index (χ0n) is 14.8. The number of rotatable bonds is 4. The number of hydrogen-bond donors (Lipinski definition) is 4. The van der Waals surface area contributed by atoms with Crippen LogP contribution in [0.4, 0.5) is 0 Å². The summed E-state index contributed by atoms with van der Waals surface area (Å²) in [6.45, 7) is 2.54. The molecule has 0 unspecified atom stereocenters. The first-order valence-electron chi connectivity index (χ1n) is 8.36. The number of aliphatic hydroxyl groups excluding tert-OH is 1. The maximum absolute atomic E-state index is 10.5. The van der Waals surface area contributed by atoms with Crippen LogP contribution < -0.4 is 0 Å². The van der Waals surface area contributed by atoms with Gasteiger partial charge in [0.25, 0.3) is 0 Å². The molecule has 26 heavy (non-hydrogen) atoms. The molecule has 8 nitrogen and oxygen atoms in total. The highest BCUT2D eigenvalue weighted by Crippen LogP contribution is 2.06. The van der Waals surface area contributed by atoms with Gasteiger partial charge in [0, 0.05) is 6.42 Å². The van der Waals surface area contributed by atoms with Crippen LogP contribution in [-0.2, 0) is 9.53 Å². The average molecular weight is 370 g/mol. The topological polar surface area (TPSA) is 141 Å². The Kier molecular flexibility index (Phi) is 12.5. The van der Waals surface area contributed by atoms with E-state index in [-0.39, 0.29) is 17.1 Å². The monoisotopic (exact) mass is 370 g/mol. The number of carbonyl (C=O) groups excluding carboxylic acids is 1. The SMILES string of the molecule is CCCC(O)O.O=C(O)c1ccc(C(=O)O)cc1.O=C1CCCCCO1. The minimum absolute atomic E-state index is 0.0255. The summed E-state index contributed by atoms with van der Waals surface area (Å²) < 4.78 is 4.76. The summed E-state index contributed by atoms with van der Waals surface area (Å²) in [6.07, 6.45) is 4.04. The van der Waals surface area contributed by atoms with Gasteiger partial charge in [0.2, 0.25) is 0 Å². The van der Waals surface area contributed by atoms with E-state index in [4.69, 9.17) is 25.2 Å². The highest BCUT2D eigenvalue weighted by Gasteiger charge is 2.06. The van der Waals surface area contributed by atoms with Gasteiger partial charge in [-0.1, -0.05) is 13.3 Å². The smallest absolute Gasteiger partial charge is 0.335 e. The normalized spacial score (nSPS) is 13.3. The van der Waals surface area contributed by atoms with E-state index in [9.17, 15) is 14.4 Å². The molecule has 1 saturated heterocycles. The van der Waals surface area contributed by atoms with E-state index in [1.54, 1.807) is 0 Å². The summed E-state index contributed by atoms with van der Waals surface area (Å²) in [7, 11) is 0. The van der Waals surface area contributed by atoms with Crippen molar-refractivity contribution in [2.75, 3.05) is 6.61 Å². The molecule has 0 saturated carbocycles. The summed E-state index contributed by atoms with van der Waals surface area (Å²) in [6, 6.07) is 5.02. The molecule has 0 bridgehead atoms. The van der Waals surface area contributed by atoms with Crippen molar-refractivity contribution in [3.8, 4) is 0 Å². The third-order valence-electron chi connectivity index (χ3n) is 3.21. The van der Waals surface area contributed by atoms with Gasteiger partial charge >= 0.3 is 17.9 Å². The molecule has 2 rings (SSSR count). The molecule has 0 amide bonds. The van der Waals surface area contributed by atoms with Crippen LogP contribution >= 0.6 is 0 Å². The van der Waals surface area contributed by atoms with Crippen LogP contribution in [0.1, 0.15) is 66.2 Å². The fourth-order valence-electron chi connectivity index (χ4n) is 1.82. The number of aliphatic hydroxyl groups is 2. The zero-order chi connectivity index (χ0) is 19.9. The summed E-state index contributed by atoms with van der Waals surface area (Å²) in [5.41, 5.74) is 0.167. The lowest BCUT2D eigenvalue weighted by Crippen LogP contribution is -2.01. The molecule has 1 aliphatic rings. The molecule has 1 fully saturated rings. The summed E-state index contributed by atoms with van der Waals surface area (Å²) in [4.78, 5) is 31.1. The van der Waals surface area contributed by atoms with Crippen LogP contribution in [0.3, 0.4) is 0 Å². The van der Waals surface area contributed by atoms with Crippen LogP contribution in [0.15, 0.2) is 24.3 Å². The number of benzene rings is 1. The lowest BCUT2D eigenvalue weighted by molar-refractivity contribution is -0.142. The van der Waals surface area contributed by atoms with Crippen molar-refractivity contribution in [3.63, 3.8) is 0 Å². The van der Waals surface area contributed by atoms with E-state index in [0.29, 0.717) is 19.4 Å². The summed E-state index contributed by atoms with van der Waals surface area (Å²) in [5, 5.41) is 33.1. The van der Waals surface area contributed by atoms with Crippen LogP contribution in [0.5, 0.6) is 0 Å². The van der Waals surface area contributed by atoms with Crippen molar-refractivity contribution in [1.29, 1.82) is 0 Å². The maximum Gasteiger partial charge on any atom is 0.335 e. The summed E-state index contributed by atoms with van der Waals surface area (Å²) >= 11 is 0. The standard InChI is InChI=1S/C8H6O4.C6H10O2.C4H10O2/c9-7(10)5-1-2-6(4-3-5)8(11)12;7-6-4-2-1-3-5-8-6;1-2-3-4(5)6/h1-4H,(H,9,10)(H,11,12);1-5H2;4-6H,2-3H2,1H3. The Balaban J connectivity index is 0.000000388. The Labute approximate surface area is 152 Å². The molecule has 1 aromatic carbocycles. The first kappa shape index (κ1) is 23.5. The number of aromatic carboxylic acids is 2. The minimum Gasteiger partial charge on any atom is -0.478 e. The van der Waals surface area contributed by atoms with Crippen molar-refractivity contribution >= 4 is 17.9 Å². The molecular weight excluding hydrogens is 344 g/mol. The predicted molar refractivity (Wildman–Crippen MR) is 92.9 cm³/mol. The quantitative estimate of drug-likeness (QED) is 0.467. The van der Waals surface area contributed by atoms with Crippen molar-refractivity contribution in [3.05, 3.63) is 35.4 Å². The third-order valence-corrected chi connectivity index (χ3v) is 3.21. The molecule has 0 atom stereocenters. The van der Waals surface area contributed by atoms with E-state index in [1.165, 1.54) is 24.3 Å². The second-order valence-electron chi connectivity index (χ2n) is 5.49. The van der Waals surface area contributed by atoms with Crippen molar-refractivity contribution < 1.29 is 39.5 Å². The third kappa shape index (κ3) is 12.0. The van der Waals surface area contributed by atoms with Gasteiger partial charge in [0.15, 0.2) is 6.29 Å². The van der Waals surface area contributed by atoms with Crippen molar-refractivity contribution in [2.24, 2.45) is 0 Å². The predicted octanol–water partition coefficient (Wildman–Crippen LogP) is 2.28. The Hall–Kier alpha value is -2.45. The number of ether oxygens (including phenoxy) is 1. The fourth-order valence-corrected chi connectivity index (χ4v) is 1.82. The van der Waals surface area contributed by atoms with Gasteiger partial charge in [0.05, 0.1) is 17.7 Å². The molecule has 0 aromatic heterocycles. The number of hydrogen-bond acceptors (Lipinski definition) is 6. The van der Waals surface area contributed by atoms with E-state index in [1.807, 2.05) is 6.92 Å². The van der Waals surface area contributed by atoms with Gasteiger partial charge in [-0.25, -0.2) is 9.59 Å². The summed E-state index contributed by atoms with van der Waals surface area (Å²) in [5.74, 6) is -2.15. The van der Waals surface area contributed by atoms with E-state index >= 15 is 0 Å². The van der Waals surface area contributed by atoms with Gasteiger partial charge in [-0.05, 0) is 49.9 Å². The first-order chi connectivity index (χ1) is 12.3. The van der Waals surface area contributed by atoms with Crippen LogP contribution in [0.2, 0.25) is 0 Å².